The number of sulfonamides is 1. The van der Waals surface area contributed by atoms with E-state index in [9.17, 15) is 8.42 Å². The summed E-state index contributed by atoms with van der Waals surface area (Å²) in [6.07, 6.45) is 1.65. The lowest BCUT2D eigenvalue weighted by Crippen LogP contribution is -2.40. The van der Waals surface area contributed by atoms with E-state index >= 15 is 0 Å². The first-order valence-corrected chi connectivity index (χ1v) is 14.7. The van der Waals surface area contributed by atoms with Crippen molar-refractivity contribution < 1.29 is 22.6 Å². The molecular formula is C30H36N2O5S. The zero-order valence-electron chi connectivity index (χ0n) is 22.0. The number of rotatable bonds is 9. The van der Waals surface area contributed by atoms with Crippen LogP contribution in [0.3, 0.4) is 0 Å². The summed E-state index contributed by atoms with van der Waals surface area (Å²) in [6.45, 7) is 4.35. The maximum absolute atomic E-state index is 14.1. The fraction of sp³-hybridized carbons (Fsp3) is 0.400. The second-order valence-corrected chi connectivity index (χ2v) is 11.8. The van der Waals surface area contributed by atoms with E-state index < -0.39 is 16.1 Å². The van der Waals surface area contributed by atoms with Gasteiger partial charge in [0.05, 0.1) is 32.4 Å². The van der Waals surface area contributed by atoms with Crippen LogP contribution >= 0.6 is 0 Å². The zero-order valence-corrected chi connectivity index (χ0v) is 22.8. The Morgan fingerprint density at radius 1 is 1.00 bits per heavy atom. The van der Waals surface area contributed by atoms with Crippen molar-refractivity contribution in [2.45, 2.75) is 49.5 Å². The van der Waals surface area contributed by atoms with Gasteiger partial charge in [-0.3, -0.25) is 0 Å². The number of ether oxygens (including phenoxy) is 3. The second-order valence-electron chi connectivity index (χ2n) is 9.98. The molecule has 7 nitrogen and oxygen atoms in total. The molecule has 0 radical (unpaired) electrons. The summed E-state index contributed by atoms with van der Waals surface area (Å²) < 4.78 is 47.6. The van der Waals surface area contributed by atoms with Gasteiger partial charge in [0.2, 0.25) is 10.0 Å². The first kappa shape index (κ1) is 26.7. The Morgan fingerprint density at radius 2 is 1.74 bits per heavy atom. The van der Waals surface area contributed by atoms with Gasteiger partial charge in [-0.05, 0) is 43.0 Å². The predicted octanol–water partition coefficient (Wildman–Crippen LogP) is 5.03. The molecule has 3 aromatic carbocycles. The van der Waals surface area contributed by atoms with Gasteiger partial charge in [-0.15, -0.1) is 0 Å². The lowest BCUT2D eigenvalue weighted by atomic mass is 10.1. The summed E-state index contributed by atoms with van der Waals surface area (Å²) in [6, 6.07) is 25.0. The smallest absolute Gasteiger partial charge is 0.247 e. The quantitative estimate of drug-likeness (QED) is 0.382. The third kappa shape index (κ3) is 5.73. The fourth-order valence-electron chi connectivity index (χ4n) is 5.40. The predicted molar refractivity (Wildman–Crippen MR) is 148 cm³/mol. The average molecular weight is 537 g/mol. The highest BCUT2D eigenvalue weighted by atomic mass is 32.2. The summed E-state index contributed by atoms with van der Waals surface area (Å²) in [5.41, 5.74) is 2.94. The lowest BCUT2D eigenvalue weighted by Gasteiger charge is -2.29. The van der Waals surface area contributed by atoms with Crippen molar-refractivity contribution in [3.05, 3.63) is 90.0 Å². The van der Waals surface area contributed by atoms with E-state index in [0.29, 0.717) is 19.0 Å². The van der Waals surface area contributed by atoms with Gasteiger partial charge in [0.15, 0.2) is 0 Å². The number of nitrogens with zero attached hydrogens (tertiary/aromatic N) is 2. The van der Waals surface area contributed by atoms with Crippen LogP contribution in [0.5, 0.6) is 5.75 Å². The molecule has 0 unspecified atom stereocenters. The standard InChI is InChI=1S/C30H36N2O5S/c1-23(25-12-7-4-8-13-25)32-19-28(22-36-20-24-10-5-3-6-11-24)37-29-18-26(15-16-30(29)38(32,33)34)31-17-9-14-27(31)21-35-2/h3-8,10-13,15-16,18,23,27-28H,9,14,17,19-22H2,1-2H3/t23-,27+,28-/m1/s1. The Labute approximate surface area is 226 Å². The summed E-state index contributed by atoms with van der Waals surface area (Å²) in [5, 5.41) is 0. The van der Waals surface area contributed by atoms with Crippen LogP contribution in [0.2, 0.25) is 0 Å². The van der Waals surface area contributed by atoms with Crippen LogP contribution in [0.25, 0.3) is 0 Å². The van der Waals surface area contributed by atoms with E-state index in [4.69, 9.17) is 14.2 Å². The summed E-state index contributed by atoms with van der Waals surface area (Å²) >= 11 is 0. The molecule has 0 aliphatic carbocycles. The molecule has 5 rings (SSSR count). The number of hydrogen-bond donors (Lipinski definition) is 0. The summed E-state index contributed by atoms with van der Waals surface area (Å²) in [5.74, 6) is 0.377. The van der Waals surface area contributed by atoms with Gasteiger partial charge in [0.1, 0.15) is 16.7 Å². The molecular weight excluding hydrogens is 500 g/mol. The molecule has 38 heavy (non-hydrogen) atoms. The van der Waals surface area contributed by atoms with Crippen LogP contribution in [-0.2, 0) is 26.1 Å². The Morgan fingerprint density at radius 3 is 2.47 bits per heavy atom. The zero-order chi connectivity index (χ0) is 26.5. The van der Waals surface area contributed by atoms with Gasteiger partial charge in [-0.2, -0.15) is 4.31 Å². The molecule has 1 saturated heterocycles. The lowest BCUT2D eigenvalue weighted by molar-refractivity contribution is 0.0313. The molecule has 0 bridgehead atoms. The summed E-state index contributed by atoms with van der Waals surface area (Å²) in [4.78, 5) is 2.48. The number of fused-ring (bicyclic) bond motifs is 1. The number of anilines is 1. The van der Waals surface area contributed by atoms with Crippen molar-refractivity contribution in [1.82, 2.24) is 4.31 Å². The number of methoxy groups -OCH3 is 1. The Balaban J connectivity index is 1.46. The van der Waals surface area contributed by atoms with E-state index in [1.807, 2.05) is 79.7 Å². The monoisotopic (exact) mass is 536 g/mol. The Kier molecular flexibility index (Phi) is 8.33. The van der Waals surface area contributed by atoms with Crippen molar-refractivity contribution in [1.29, 1.82) is 0 Å². The number of hydrogen-bond acceptors (Lipinski definition) is 6. The van der Waals surface area contributed by atoms with Crippen LogP contribution in [-0.4, -0.2) is 58.3 Å². The Bertz CT molecular complexity index is 1300. The van der Waals surface area contributed by atoms with Crippen molar-refractivity contribution in [2.24, 2.45) is 0 Å². The van der Waals surface area contributed by atoms with Crippen molar-refractivity contribution in [3.63, 3.8) is 0 Å². The average Bonchev–Trinajstić information content (AvgIpc) is 3.36. The largest absolute Gasteiger partial charge is 0.485 e. The molecule has 3 aromatic rings. The molecule has 202 valence electrons. The van der Waals surface area contributed by atoms with Crippen molar-refractivity contribution in [2.75, 3.05) is 38.3 Å². The van der Waals surface area contributed by atoms with Crippen LogP contribution in [0.4, 0.5) is 5.69 Å². The Hall–Kier alpha value is -2.91. The van der Waals surface area contributed by atoms with Crippen LogP contribution < -0.4 is 9.64 Å². The minimum atomic E-state index is -3.83. The molecule has 0 amide bonds. The fourth-order valence-corrected chi connectivity index (χ4v) is 7.15. The molecule has 1 fully saturated rings. The highest BCUT2D eigenvalue weighted by Gasteiger charge is 2.39. The molecule has 3 atom stereocenters. The number of benzene rings is 3. The molecule has 0 aromatic heterocycles. The van der Waals surface area contributed by atoms with Gasteiger partial charge >= 0.3 is 0 Å². The first-order valence-electron chi connectivity index (χ1n) is 13.2. The maximum atomic E-state index is 14.1. The van der Waals surface area contributed by atoms with Crippen LogP contribution in [0.1, 0.15) is 36.9 Å². The second kappa shape index (κ2) is 11.9. The van der Waals surface area contributed by atoms with Gasteiger partial charge in [0, 0.05) is 31.5 Å². The SMILES string of the molecule is COC[C@@H]1CCCN1c1ccc2c(c1)O[C@@H](COCc1ccccc1)CN([C@H](C)c1ccccc1)S2(=O)=O. The van der Waals surface area contributed by atoms with Gasteiger partial charge in [-0.1, -0.05) is 60.7 Å². The topological polar surface area (TPSA) is 68.3 Å². The van der Waals surface area contributed by atoms with Crippen LogP contribution in [0, 0.1) is 0 Å². The molecule has 0 saturated carbocycles. The van der Waals surface area contributed by atoms with E-state index in [1.54, 1.807) is 17.5 Å². The van der Waals surface area contributed by atoms with Gasteiger partial charge in [-0.25, -0.2) is 8.42 Å². The van der Waals surface area contributed by atoms with E-state index in [-0.39, 0.29) is 30.1 Å². The van der Waals surface area contributed by atoms with E-state index in [0.717, 1.165) is 36.2 Å². The third-order valence-corrected chi connectivity index (χ3v) is 9.36. The normalized spacial score (nSPS) is 21.9. The minimum absolute atomic E-state index is 0.188. The highest BCUT2D eigenvalue weighted by molar-refractivity contribution is 7.89. The van der Waals surface area contributed by atoms with Crippen molar-refractivity contribution >= 4 is 15.7 Å². The molecule has 0 N–H and O–H groups in total. The molecule has 2 heterocycles. The molecule has 2 aliphatic rings. The molecule has 8 heteroatoms. The van der Waals surface area contributed by atoms with E-state index in [1.165, 1.54) is 0 Å². The molecule has 0 spiro atoms. The van der Waals surface area contributed by atoms with Crippen molar-refractivity contribution in [3.8, 4) is 5.75 Å². The first-order chi connectivity index (χ1) is 18.5. The molecule has 2 aliphatic heterocycles. The van der Waals surface area contributed by atoms with Gasteiger partial charge in [0.25, 0.3) is 0 Å². The summed E-state index contributed by atoms with van der Waals surface area (Å²) in [7, 11) is -2.12. The van der Waals surface area contributed by atoms with Crippen LogP contribution in [0.15, 0.2) is 83.8 Å². The maximum Gasteiger partial charge on any atom is 0.247 e. The highest BCUT2D eigenvalue weighted by Crippen LogP contribution is 2.39. The van der Waals surface area contributed by atoms with E-state index in [2.05, 4.69) is 4.90 Å². The minimum Gasteiger partial charge on any atom is -0.485 e. The van der Waals surface area contributed by atoms with Gasteiger partial charge < -0.3 is 19.1 Å². The third-order valence-electron chi connectivity index (χ3n) is 7.39.